The number of likely N-dealkylation sites (tertiary alicyclic amines) is 1. The van der Waals surface area contributed by atoms with Crippen molar-refractivity contribution in [2.45, 2.75) is 18.4 Å². The first kappa shape index (κ1) is 18.4. The minimum Gasteiger partial charge on any atom is -0.464 e. The normalized spacial score (nSPS) is 19.5. The summed E-state index contributed by atoms with van der Waals surface area (Å²) in [5.74, 6) is -0.183. The highest BCUT2D eigenvalue weighted by molar-refractivity contribution is 5.88. The van der Waals surface area contributed by atoms with Crippen molar-refractivity contribution in [1.29, 1.82) is 0 Å². The summed E-state index contributed by atoms with van der Waals surface area (Å²) in [6.07, 6.45) is 1.76. The van der Waals surface area contributed by atoms with Gasteiger partial charge in [0.25, 0.3) is 0 Å². The van der Waals surface area contributed by atoms with E-state index < -0.39 is 0 Å². The largest absolute Gasteiger partial charge is 0.464 e. The Labute approximate surface area is 157 Å². The van der Waals surface area contributed by atoms with E-state index in [1.54, 1.807) is 6.07 Å². The maximum atomic E-state index is 13.3. The lowest BCUT2D eigenvalue weighted by Gasteiger charge is -2.16. The third kappa shape index (κ3) is 3.45. The number of nitrogens with two attached hydrogens (primary N) is 1. The van der Waals surface area contributed by atoms with Gasteiger partial charge in [0.15, 0.2) is 0 Å². The smallest absolute Gasteiger partial charge is 0.227 e. The van der Waals surface area contributed by atoms with E-state index >= 15 is 0 Å². The molecule has 26 heavy (non-hydrogen) atoms. The first-order valence-electron chi connectivity index (χ1n) is 8.36. The van der Waals surface area contributed by atoms with E-state index in [2.05, 4.69) is 12.1 Å². The average molecular weight is 375 g/mol. The van der Waals surface area contributed by atoms with E-state index in [9.17, 15) is 9.18 Å². The zero-order valence-electron chi connectivity index (χ0n) is 14.1. The Morgan fingerprint density at radius 3 is 2.73 bits per heavy atom. The molecule has 2 heterocycles. The number of benzene rings is 2. The van der Waals surface area contributed by atoms with E-state index in [1.165, 1.54) is 18.4 Å². The number of carbonyl (C=O) groups excluding carboxylic acids is 1. The van der Waals surface area contributed by atoms with Gasteiger partial charge in [0.05, 0.1) is 12.7 Å². The fraction of sp³-hybridized carbons (Fsp3) is 0.250. The van der Waals surface area contributed by atoms with Crippen LogP contribution in [0.4, 0.5) is 4.39 Å². The van der Waals surface area contributed by atoms with Crippen molar-refractivity contribution in [3.8, 4) is 0 Å². The predicted molar refractivity (Wildman–Crippen MR) is 101 cm³/mol. The molecular weight excluding hydrogens is 355 g/mol. The highest BCUT2D eigenvalue weighted by Gasteiger charge is 2.33. The number of halogens is 2. The van der Waals surface area contributed by atoms with Gasteiger partial charge in [-0.1, -0.05) is 30.3 Å². The number of nitrogens with zero attached hydrogens (tertiary/aromatic N) is 1. The maximum absolute atomic E-state index is 13.3. The van der Waals surface area contributed by atoms with Crippen LogP contribution in [0.25, 0.3) is 11.0 Å². The van der Waals surface area contributed by atoms with Crippen molar-refractivity contribution in [2.24, 2.45) is 5.73 Å². The fourth-order valence-electron chi connectivity index (χ4n) is 3.55. The molecule has 2 aromatic carbocycles. The third-order valence-corrected chi connectivity index (χ3v) is 4.90. The Kier molecular flexibility index (Phi) is 5.30. The second kappa shape index (κ2) is 7.48. The van der Waals surface area contributed by atoms with Gasteiger partial charge >= 0.3 is 0 Å². The minimum atomic E-state index is -0.351. The number of furan rings is 1. The third-order valence-electron chi connectivity index (χ3n) is 4.90. The molecule has 0 bridgehead atoms. The van der Waals surface area contributed by atoms with E-state index in [4.69, 9.17) is 10.2 Å². The standard InChI is InChI=1S/C20H19FN2O2.ClH/c21-15-6-7-16-14(12-25-19(16)9-15)8-20(24)23-10-17(18(22)11-23)13-4-2-1-3-5-13;/h1-7,9,12,17-18H,8,10-11,22H2;1H/t17-,18+;/m0./s1. The Balaban J connectivity index is 0.00000196. The fourth-order valence-corrected chi connectivity index (χ4v) is 3.55. The van der Waals surface area contributed by atoms with Crippen LogP contribution in [0.2, 0.25) is 0 Å². The molecule has 1 fully saturated rings. The van der Waals surface area contributed by atoms with E-state index in [1.807, 2.05) is 23.1 Å². The Bertz CT molecular complexity index is 913. The minimum absolute atomic E-state index is 0. The number of hydrogen-bond acceptors (Lipinski definition) is 3. The molecule has 0 saturated carbocycles. The first-order valence-corrected chi connectivity index (χ1v) is 8.36. The molecule has 0 aliphatic carbocycles. The molecule has 2 N–H and O–H groups in total. The summed E-state index contributed by atoms with van der Waals surface area (Å²) in [5.41, 5.74) is 8.66. The van der Waals surface area contributed by atoms with Crippen molar-refractivity contribution in [2.75, 3.05) is 13.1 Å². The lowest BCUT2D eigenvalue weighted by Crippen LogP contribution is -2.33. The molecule has 1 amide bonds. The average Bonchev–Trinajstić information content (AvgIpc) is 3.19. The van der Waals surface area contributed by atoms with Gasteiger partial charge in [0.2, 0.25) is 5.91 Å². The zero-order chi connectivity index (χ0) is 17.4. The molecule has 1 aliphatic rings. The van der Waals surface area contributed by atoms with Crippen molar-refractivity contribution in [3.05, 3.63) is 71.7 Å². The Hall–Kier alpha value is -2.37. The number of hydrogen-bond donors (Lipinski definition) is 1. The molecule has 0 unspecified atom stereocenters. The van der Waals surface area contributed by atoms with Crippen LogP contribution >= 0.6 is 12.4 Å². The highest BCUT2D eigenvalue weighted by atomic mass is 35.5. The summed E-state index contributed by atoms with van der Waals surface area (Å²) in [5, 5.41) is 0.776. The molecule has 1 aromatic heterocycles. The van der Waals surface area contributed by atoms with Crippen LogP contribution in [0, 0.1) is 5.82 Å². The number of rotatable bonds is 3. The van der Waals surface area contributed by atoms with Crippen LogP contribution in [0.1, 0.15) is 17.0 Å². The van der Waals surface area contributed by atoms with Gasteiger partial charge in [-0.2, -0.15) is 0 Å². The Morgan fingerprint density at radius 2 is 1.96 bits per heavy atom. The molecule has 0 radical (unpaired) electrons. The number of amides is 1. The van der Waals surface area contributed by atoms with Gasteiger partial charge in [-0.15, -0.1) is 12.4 Å². The lowest BCUT2D eigenvalue weighted by molar-refractivity contribution is -0.129. The lowest BCUT2D eigenvalue weighted by atomic mass is 9.95. The molecule has 1 saturated heterocycles. The highest BCUT2D eigenvalue weighted by Crippen LogP contribution is 2.28. The first-order chi connectivity index (χ1) is 12.1. The second-order valence-corrected chi connectivity index (χ2v) is 6.56. The van der Waals surface area contributed by atoms with E-state index in [0.717, 1.165) is 16.5 Å². The molecule has 4 nitrogen and oxygen atoms in total. The van der Waals surface area contributed by atoms with Crippen LogP contribution < -0.4 is 5.73 Å². The van der Waals surface area contributed by atoms with Crippen LogP contribution in [-0.4, -0.2) is 29.9 Å². The molecule has 3 aromatic rings. The van der Waals surface area contributed by atoms with Crippen LogP contribution in [0.5, 0.6) is 0 Å². The molecular formula is C20H20ClFN2O2. The monoisotopic (exact) mass is 374 g/mol. The van der Waals surface area contributed by atoms with Gasteiger partial charge < -0.3 is 15.1 Å². The molecule has 4 rings (SSSR count). The number of fused-ring (bicyclic) bond motifs is 1. The van der Waals surface area contributed by atoms with Crippen LogP contribution in [0.3, 0.4) is 0 Å². The van der Waals surface area contributed by atoms with Crippen LogP contribution in [0.15, 0.2) is 59.2 Å². The molecule has 1 aliphatic heterocycles. The maximum Gasteiger partial charge on any atom is 0.227 e. The van der Waals surface area contributed by atoms with Crippen molar-refractivity contribution in [3.63, 3.8) is 0 Å². The summed E-state index contributed by atoms with van der Waals surface area (Å²) in [7, 11) is 0. The summed E-state index contributed by atoms with van der Waals surface area (Å²) in [6, 6.07) is 14.4. The topological polar surface area (TPSA) is 59.5 Å². The molecule has 2 atom stereocenters. The van der Waals surface area contributed by atoms with Gasteiger partial charge in [-0.3, -0.25) is 4.79 Å². The van der Waals surface area contributed by atoms with Gasteiger partial charge in [-0.05, 0) is 17.7 Å². The predicted octanol–water partition coefficient (Wildman–Crippen LogP) is 3.49. The summed E-state index contributed by atoms with van der Waals surface area (Å²) in [4.78, 5) is 14.5. The zero-order valence-corrected chi connectivity index (χ0v) is 14.9. The van der Waals surface area contributed by atoms with Crippen LogP contribution in [-0.2, 0) is 11.2 Å². The molecule has 0 spiro atoms. The second-order valence-electron chi connectivity index (χ2n) is 6.56. The van der Waals surface area contributed by atoms with E-state index in [-0.39, 0.29) is 42.5 Å². The van der Waals surface area contributed by atoms with Crippen molar-refractivity contribution in [1.82, 2.24) is 4.90 Å². The summed E-state index contributed by atoms with van der Waals surface area (Å²) < 4.78 is 18.6. The quantitative estimate of drug-likeness (QED) is 0.763. The number of carbonyl (C=O) groups is 1. The van der Waals surface area contributed by atoms with Gasteiger partial charge in [0.1, 0.15) is 11.4 Å². The van der Waals surface area contributed by atoms with E-state index in [0.29, 0.717) is 18.7 Å². The summed E-state index contributed by atoms with van der Waals surface area (Å²) >= 11 is 0. The SMILES string of the molecule is Cl.N[C@@H]1CN(C(=O)Cc2coc3cc(F)ccc23)C[C@H]1c1ccccc1. The van der Waals surface area contributed by atoms with Crippen molar-refractivity contribution >= 4 is 29.3 Å². The van der Waals surface area contributed by atoms with Gasteiger partial charge in [0, 0.05) is 42.1 Å². The molecule has 136 valence electrons. The van der Waals surface area contributed by atoms with Crippen molar-refractivity contribution < 1.29 is 13.6 Å². The Morgan fingerprint density at radius 1 is 1.19 bits per heavy atom. The summed E-state index contributed by atoms with van der Waals surface area (Å²) in [6.45, 7) is 1.16. The molecule has 6 heteroatoms. The van der Waals surface area contributed by atoms with Gasteiger partial charge in [-0.25, -0.2) is 4.39 Å².